The van der Waals surface area contributed by atoms with Gasteiger partial charge < -0.3 is 9.84 Å². The van der Waals surface area contributed by atoms with E-state index in [4.69, 9.17) is 4.74 Å². The molecule has 3 rings (SSSR count). The summed E-state index contributed by atoms with van der Waals surface area (Å²) < 4.78 is 45.9. The van der Waals surface area contributed by atoms with Crippen molar-refractivity contribution < 1.29 is 27.8 Å². The molecule has 1 aromatic heterocycles. The number of benzene rings is 1. The van der Waals surface area contributed by atoms with Crippen LogP contribution in [-0.2, 0) is 4.79 Å². The minimum Gasteiger partial charge on any atom is -0.484 e. The number of hydrogen-bond donors (Lipinski definition) is 2. The maximum Gasteiger partial charge on any atom is 0.442 e. The minimum atomic E-state index is -5.12. The number of carbonyl (C=O) groups is 1. The van der Waals surface area contributed by atoms with Gasteiger partial charge in [-0.2, -0.15) is 13.2 Å². The van der Waals surface area contributed by atoms with Crippen LogP contribution in [0.2, 0.25) is 0 Å². The Hall–Kier alpha value is -3.07. The highest BCUT2D eigenvalue weighted by molar-refractivity contribution is 5.82. The lowest BCUT2D eigenvalue weighted by atomic mass is 10.1. The number of carbonyl (C=O) groups excluding carboxylic acids is 1. The largest absolute Gasteiger partial charge is 0.484 e. The first-order valence-corrected chi connectivity index (χ1v) is 8.34. The topological polar surface area (TPSA) is 74.7 Å². The van der Waals surface area contributed by atoms with Gasteiger partial charge in [0.25, 0.3) is 11.6 Å². The van der Waals surface area contributed by atoms with E-state index in [1.54, 1.807) is 18.2 Å². The molecule has 0 fully saturated rings. The molecule has 2 N–H and O–H groups in total. The molecule has 0 saturated carbocycles. The van der Waals surface area contributed by atoms with Crippen molar-refractivity contribution in [2.75, 3.05) is 6.61 Å². The number of hydrogen-bond acceptors (Lipinski definition) is 5. The molecular formula is C19H18F3N3O3. The predicted octanol–water partition coefficient (Wildman–Crippen LogP) is 2.72. The summed E-state index contributed by atoms with van der Waals surface area (Å²) in [4.78, 5) is 16.2. The number of aryl methyl sites for hydroxylation is 2. The summed E-state index contributed by atoms with van der Waals surface area (Å²) >= 11 is 0. The highest BCUT2D eigenvalue weighted by Crippen LogP contribution is 2.39. The van der Waals surface area contributed by atoms with E-state index in [2.05, 4.69) is 10.4 Å². The summed E-state index contributed by atoms with van der Waals surface area (Å²) in [6, 6.07) is 7.98. The van der Waals surface area contributed by atoms with Crippen LogP contribution < -0.4 is 10.2 Å². The monoisotopic (exact) mass is 393 g/mol. The number of alkyl halides is 3. The Morgan fingerprint density at radius 1 is 1.21 bits per heavy atom. The van der Waals surface area contributed by atoms with Crippen molar-refractivity contribution in [1.29, 1.82) is 0 Å². The Balaban J connectivity index is 1.81. The van der Waals surface area contributed by atoms with Gasteiger partial charge in [0.1, 0.15) is 5.75 Å². The molecule has 0 bridgehead atoms. The van der Waals surface area contributed by atoms with E-state index in [0.29, 0.717) is 17.4 Å². The van der Waals surface area contributed by atoms with Gasteiger partial charge in [-0.1, -0.05) is 6.07 Å². The third kappa shape index (κ3) is 3.65. The van der Waals surface area contributed by atoms with Crippen LogP contribution in [0.25, 0.3) is 5.70 Å². The van der Waals surface area contributed by atoms with Crippen LogP contribution in [0.4, 0.5) is 13.2 Å². The fourth-order valence-electron chi connectivity index (χ4n) is 2.66. The van der Waals surface area contributed by atoms with Gasteiger partial charge in [0.2, 0.25) is 0 Å². The fourth-order valence-corrected chi connectivity index (χ4v) is 2.66. The Labute approximate surface area is 159 Å². The molecule has 2 heterocycles. The first kappa shape index (κ1) is 19.7. The maximum atomic E-state index is 13.5. The molecule has 0 radical (unpaired) electrons. The molecule has 0 saturated heterocycles. The van der Waals surface area contributed by atoms with E-state index in [1.807, 2.05) is 13.8 Å². The van der Waals surface area contributed by atoms with E-state index in [9.17, 15) is 23.1 Å². The molecule has 1 aliphatic rings. The van der Waals surface area contributed by atoms with Crippen molar-refractivity contribution in [2.45, 2.75) is 25.7 Å². The zero-order valence-electron chi connectivity index (χ0n) is 15.1. The molecule has 1 amide bonds. The van der Waals surface area contributed by atoms with Crippen LogP contribution in [0.1, 0.15) is 16.7 Å². The minimum absolute atomic E-state index is 0.0678. The van der Waals surface area contributed by atoms with E-state index in [-0.39, 0.29) is 10.7 Å². The van der Waals surface area contributed by atoms with E-state index in [1.165, 1.54) is 24.5 Å². The normalized spacial score (nSPS) is 19.2. The Morgan fingerprint density at radius 3 is 2.50 bits per heavy atom. The van der Waals surface area contributed by atoms with E-state index in [0.717, 1.165) is 11.1 Å². The van der Waals surface area contributed by atoms with E-state index < -0.39 is 24.4 Å². The van der Waals surface area contributed by atoms with Crippen molar-refractivity contribution in [3.05, 3.63) is 65.5 Å². The fraction of sp³-hybridized carbons (Fsp3) is 0.263. The van der Waals surface area contributed by atoms with Crippen LogP contribution >= 0.6 is 0 Å². The van der Waals surface area contributed by atoms with Gasteiger partial charge in [0.15, 0.2) is 6.61 Å². The van der Waals surface area contributed by atoms with Crippen molar-refractivity contribution in [3.8, 4) is 5.75 Å². The number of rotatable bonds is 4. The lowest BCUT2D eigenvalue weighted by Gasteiger charge is -2.33. The summed E-state index contributed by atoms with van der Waals surface area (Å²) in [6.07, 6.45) is -1.79. The number of ether oxygens (including phenoxy) is 1. The number of hydrazine groups is 1. The summed E-state index contributed by atoms with van der Waals surface area (Å²) in [5.41, 5.74) is 1.02. The second kappa shape index (κ2) is 7.16. The molecule has 1 aromatic carbocycles. The van der Waals surface area contributed by atoms with Crippen LogP contribution in [0.5, 0.6) is 5.75 Å². The van der Waals surface area contributed by atoms with Crippen LogP contribution in [-0.4, -0.2) is 39.5 Å². The highest BCUT2D eigenvalue weighted by Gasteiger charge is 2.61. The molecule has 0 spiro atoms. The van der Waals surface area contributed by atoms with Gasteiger partial charge in [-0.05, 0) is 49.2 Å². The summed E-state index contributed by atoms with van der Waals surface area (Å²) in [5, 5.41) is 10.4. The molecule has 2 aromatic rings. The maximum absolute atomic E-state index is 13.5. The SMILES string of the molecule is Cc1ccc(OCC(=O)N2NC(c3ccncc3)=C[C@@]2(O)C(F)(F)F)cc1C. The molecule has 1 atom stereocenters. The quantitative estimate of drug-likeness (QED) is 0.836. The molecule has 1 aliphatic heterocycles. The number of aromatic nitrogens is 1. The zero-order chi connectivity index (χ0) is 20.5. The summed E-state index contributed by atoms with van der Waals surface area (Å²) in [7, 11) is 0. The van der Waals surface area contributed by atoms with Crippen LogP contribution in [0, 0.1) is 13.8 Å². The molecule has 6 nitrogen and oxygen atoms in total. The van der Waals surface area contributed by atoms with Gasteiger partial charge in [0, 0.05) is 24.0 Å². The van der Waals surface area contributed by atoms with Crippen molar-refractivity contribution in [3.63, 3.8) is 0 Å². The van der Waals surface area contributed by atoms with Gasteiger partial charge in [0.05, 0.1) is 5.70 Å². The van der Waals surface area contributed by atoms with Gasteiger partial charge in [-0.25, -0.2) is 5.01 Å². The first-order chi connectivity index (χ1) is 13.1. The molecule has 0 aliphatic carbocycles. The Kier molecular flexibility index (Phi) is 5.03. The zero-order valence-corrected chi connectivity index (χ0v) is 15.1. The van der Waals surface area contributed by atoms with Crippen LogP contribution in [0.15, 0.2) is 48.8 Å². The third-order valence-corrected chi connectivity index (χ3v) is 4.42. The molecule has 9 heteroatoms. The number of aliphatic hydroxyl groups is 1. The Morgan fingerprint density at radius 2 is 1.89 bits per heavy atom. The second-order valence-corrected chi connectivity index (χ2v) is 6.39. The van der Waals surface area contributed by atoms with Crippen molar-refractivity contribution >= 4 is 11.6 Å². The number of pyridine rings is 1. The highest BCUT2D eigenvalue weighted by atomic mass is 19.4. The number of nitrogens with zero attached hydrogens (tertiary/aromatic N) is 2. The Bertz CT molecular complexity index is 916. The third-order valence-electron chi connectivity index (χ3n) is 4.42. The van der Waals surface area contributed by atoms with Gasteiger partial charge >= 0.3 is 6.18 Å². The van der Waals surface area contributed by atoms with Crippen molar-refractivity contribution in [1.82, 2.24) is 15.4 Å². The molecule has 28 heavy (non-hydrogen) atoms. The lowest BCUT2D eigenvalue weighted by Crippen LogP contribution is -2.61. The average Bonchev–Trinajstić information content (AvgIpc) is 3.02. The molecule has 0 unspecified atom stereocenters. The summed E-state index contributed by atoms with van der Waals surface area (Å²) in [6.45, 7) is 3.05. The lowest BCUT2D eigenvalue weighted by molar-refractivity contribution is -0.289. The van der Waals surface area contributed by atoms with Gasteiger partial charge in [-0.3, -0.25) is 15.2 Å². The summed E-state index contributed by atoms with van der Waals surface area (Å²) in [5.74, 6) is -0.744. The number of nitrogens with one attached hydrogen (secondary N) is 1. The van der Waals surface area contributed by atoms with Crippen molar-refractivity contribution in [2.24, 2.45) is 0 Å². The smallest absolute Gasteiger partial charge is 0.442 e. The molecular weight excluding hydrogens is 375 g/mol. The second-order valence-electron chi connectivity index (χ2n) is 6.39. The van der Waals surface area contributed by atoms with Gasteiger partial charge in [-0.15, -0.1) is 0 Å². The number of halogens is 3. The average molecular weight is 393 g/mol. The standard InChI is InChI=1S/C19H18F3N3O3/c1-12-3-4-15(9-13(12)2)28-11-17(26)25-18(27,19(20,21)22)10-16(24-25)14-5-7-23-8-6-14/h3-10,24,27H,11H2,1-2H3/t18-/m1/s1. The number of amides is 1. The van der Waals surface area contributed by atoms with E-state index >= 15 is 0 Å². The first-order valence-electron chi connectivity index (χ1n) is 8.34. The predicted molar refractivity (Wildman–Crippen MR) is 94.6 cm³/mol. The van der Waals surface area contributed by atoms with Crippen LogP contribution in [0.3, 0.4) is 0 Å². The molecule has 148 valence electrons.